The smallest absolute Gasteiger partial charge is 0.374 e. The highest BCUT2D eigenvalue weighted by molar-refractivity contribution is 5.96. The Morgan fingerprint density at radius 2 is 1.86 bits per heavy atom. The van der Waals surface area contributed by atoms with Gasteiger partial charge in [-0.05, 0) is 30.7 Å². The van der Waals surface area contributed by atoms with Gasteiger partial charge in [-0.3, -0.25) is 9.59 Å². The number of alkyl halides is 3. The molecule has 1 atom stereocenters. The summed E-state index contributed by atoms with van der Waals surface area (Å²) in [7, 11) is 1.29. The van der Waals surface area contributed by atoms with Crippen LogP contribution in [0.3, 0.4) is 0 Å². The van der Waals surface area contributed by atoms with Crippen LogP contribution in [-0.4, -0.2) is 39.2 Å². The van der Waals surface area contributed by atoms with E-state index >= 15 is 0 Å². The number of halogens is 3. The van der Waals surface area contributed by atoms with Crippen LogP contribution >= 0.6 is 0 Å². The standard InChI is InChI=1S/C18H21F3N4O3/c1-3-8-22-15(27)12-4-6-13(7-5-12)24-14(26)11-17(28,18(19,20)21)16-23-9-10-25(16)2/h4-7,9-10,28H,3,8,11H2,1-2H3,(H,22,27)(H,24,26). The van der Waals surface area contributed by atoms with Crippen LogP contribution in [0, 0.1) is 0 Å². The van der Waals surface area contributed by atoms with Gasteiger partial charge in [-0.25, -0.2) is 4.98 Å². The molecule has 0 saturated carbocycles. The number of carbonyl (C=O) groups is 2. The number of aromatic nitrogens is 2. The third-order valence-corrected chi connectivity index (χ3v) is 4.04. The van der Waals surface area contributed by atoms with Gasteiger partial charge in [0.2, 0.25) is 11.5 Å². The largest absolute Gasteiger partial charge is 0.425 e. The number of benzene rings is 1. The van der Waals surface area contributed by atoms with Gasteiger partial charge in [0.25, 0.3) is 5.91 Å². The van der Waals surface area contributed by atoms with Crippen LogP contribution in [0.4, 0.5) is 18.9 Å². The second-order valence-corrected chi connectivity index (χ2v) is 6.28. The second kappa shape index (κ2) is 8.42. The summed E-state index contributed by atoms with van der Waals surface area (Å²) in [6, 6.07) is 5.67. The van der Waals surface area contributed by atoms with Gasteiger partial charge >= 0.3 is 6.18 Å². The molecule has 0 spiro atoms. The number of nitrogens with zero attached hydrogens (tertiary/aromatic N) is 2. The van der Waals surface area contributed by atoms with Crippen LogP contribution in [-0.2, 0) is 17.4 Å². The van der Waals surface area contributed by atoms with Crippen molar-refractivity contribution >= 4 is 17.5 Å². The van der Waals surface area contributed by atoms with Gasteiger partial charge in [-0.1, -0.05) is 6.92 Å². The molecule has 28 heavy (non-hydrogen) atoms. The molecule has 1 unspecified atom stereocenters. The quantitative estimate of drug-likeness (QED) is 0.667. The van der Waals surface area contributed by atoms with E-state index in [0.717, 1.165) is 17.2 Å². The molecule has 152 valence electrons. The van der Waals surface area contributed by atoms with E-state index < -0.39 is 29.9 Å². The highest BCUT2D eigenvalue weighted by Gasteiger charge is 2.58. The molecule has 0 radical (unpaired) electrons. The lowest BCUT2D eigenvalue weighted by Crippen LogP contribution is -2.46. The molecule has 10 heteroatoms. The summed E-state index contributed by atoms with van der Waals surface area (Å²) in [5, 5.41) is 15.2. The minimum Gasteiger partial charge on any atom is -0.374 e. The zero-order valence-corrected chi connectivity index (χ0v) is 15.4. The number of amides is 2. The summed E-state index contributed by atoms with van der Waals surface area (Å²) < 4.78 is 41.4. The minimum absolute atomic E-state index is 0.196. The van der Waals surface area contributed by atoms with Gasteiger partial charge < -0.3 is 20.3 Å². The third-order valence-electron chi connectivity index (χ3n) is 4.04. The average Bonchev–Trinajstić information content (AvgIpc) is 3.05. The Labute approximate surface area is 159 Å². The number of anilines is 1. The molecule has 1 aromatic heterocycles. The average molecular weight is 398 g/mol. The highest BCUT2D eigenvalue weighted by Crippen LogP contribution is 2.40. The predicted molar refractivity (Wildman–Crippen MR) is 95.5 cm³/mol. The van der Waals surface area contributed by atoms with E-state index in [9.17, 15) is 27.9 Å². The molecule has 2 rings (SSSR count). The Balaban J connectivity index is 2.11. The molecule has 0 aliphatic carbocycles. The van der Waals surface area contributed by atoms with Crippen molar-refractivity contribution < 1.29 is 27.9 Å². The van der Waals surface area contributed by atoms with E-state index in [1.54, 1.807) is 0 Å². The maximum Gasteiger partial charge on any atom is 0.425 e. The van der Waals surface area contributed by atoms with Crippen LogP contribution in [0.1, 0.15) is 35.9 Å². The molecule has 1 heterocycles. The van der Waals surface area contributed by atoms with Crippen molar-refractivity contribution in [2.24, 2.45) is 7.05 Å². The Hall–Kier alpha value is -2.88. The van der Waals surface area contributed by atoms with Crippen molar-refractivity contribution in [2.75, 3.05) is 11.9 Å². The molecule has 0 aliphatic heterocycles. The minimum atomic E-state index is -5.11. The Morgan fingerprint density at radius 3 is 2.36 bits per heavy atom. The van der Waals surface area contributed by atoms with Gasteiger partial charge in [-0.15, -0.1) is 0 Å². The lowest BCUT2D eigenvalue weighted by molar-refractivity contribution is -0.270. The summed E-state index contributed by atoms with van der Waals surface area (Å²) in [6.07, 6.45) is -3.25. The molecule has 0 saturated heterocycles. The number of hydrogen-bond donors (Lipinski definition) is 3. The Morgan fingerprint density at radius 1 is 1.21 bits per heavy atom. The van der Waals surface area contributed by atoms with Crippen LogP contribution in [0.15, 0.2) is 36.7 Å². The molecular formula is C18H21F3N4O3. The third kappa shape index (κ3) is 4.69. The fourth-order valence-corrected chi connectivity index (χ4v) is 2.55. The normalized spacial score (nSPS) is 13.6. The van der Waals surface area contributed by atoms with Gasteiger partial charge in [0.15, 0.2) is 5.82 Å². The van der Waals surface area contributed by atoms with Gasteiger partial charge in [0.1, 0.15) is 0 Å². The van der Waals surface area contributed by atoms with E-state index in [0.29, 0.717) is 12.1 Å². The number of aliphatic hydroxyl groups is 1. The van der Waals surface area contributed by atoms with Gasteiger partial charge in [-0.2, -0.15) is 13.2 Å². The number of aryl methyl sites for hydroxylation is 1. The fourth-order valence-electron chi connectivity index (χ4n) is 2.55. The fraction of sp³-hybridized carbons (Fsp3) is 0.389. The summed E-state index contributed by atoms with van der Waals surface area (Å²) >= 11 is 0. The van der Waals surface area contributed by atoms with Crippen LogP contribution in [0.25, 0.3) is 0 Å². The van der Waals surface area contributed by atoms with Crippen LogP contribution < -0.4 is 10.6 Å². The van der Waals surface area contributed by atoms with Crippen molar-refractivity contribution in [1.82, 2.24) is 14.9 Å². The lowest BCUT2D eigenvalue weighted by atomic mass is 9.97. The van der Waals surface area contributed by atoms with Crippen molar-refractivity contribution in [3.05, 3.63) is 48.0 Å². The number of hydrogen-bond acceptors (Lipinski definition) is 4. The summed E-state index contributed by atoms with van der Waals surface area (Å²) in [4.78, 5) is 27.5. The summed E-state index contributed by atoms with van der Waals surface area (Å²) in [5.41, 5.74) is -2.89. The highest BCUT2D eigenvalue weighted by atomic mass is 19.4. The number of rotatable bonds is 7. The van der Waals surface area contributed by atoms with Crippen molar-refractivity contribution in [3.8, 4) is 0 Å². The second-order valence-electron chi connectivity index (χ2n) is 6.28. The Kier molecular flexibility index (Phi) is 6.45. The summed E-state index contributed by atoms with van der Waals surface area (Å²) in [5.74, 6) is -2.02. The first-order chi connectivity index (χ1) is 13.1. The molecule has 3 N–H and O–H groups in total. The molecular weight excluding hydrogens is 377 g/mol. The molecule has 0 aliphatic rings. The number of nitrogens with one attached hydrogen (secondary N) is 2. The van der Waals surface area contributed by atoms with Gasteiger partial charge in [0.05, 0.1) is 6.42 Å². The Bertz CT molecular complexity index is 833. The predicted octanol–water partition coefficient (Wildman–Crippen LogP) is 2.34. The molecule has 2 amide bonds. The van der Waals surface area contributed by atoms with Crippen LogP contribution in [0.2, 0.25) is 0 Å². The van der Waals surface area contributed by atoms with Crippen molar-refractivity contribution in [1.29, 1.82) is 0 Å². The first-order valence-corrected chi connectivity index (χ1v) is 8.53. The molecule has 2 aromatic rings. The van der Waals surface area contributed by atoms with E-state index in [4.69, 9.17) is 0 Å². The monoisotopic (exact) mass is 398 g/mol. The van der Waals surface area contributed by atoms with E-state index in [2.05, 4.69) is 15.6 Å². The zero-order chi connectivity index (χ0) is 20.9. The number of imidazole rings is 1. The summed E-state index contributed by atoms with van der Waals surface area (Å²) in [6.45, 7) is 2.42. The van der Waals surface area contributed by atoms with Crippen molar-refractivity contribution in [2.45, 2.75) is 31.5 Å². The van der Waals surface area contributed by atoms with E-state index in [-0.39, 0.29) is 11.6 Å². The van der Waals surface area contributed by atoms with E-state index in [1.807, 2.05) is 6.92 Å². The van der Waals surface area contributed by atoms with Crippen LogP contribution in [0.5, 0.6) is 0 Å². The SMILES string of the molecule is CCCNC(=O)c1ccc(NC(=O)CC(O)(c2nccn2C)C(F)(F)F)cc1. The first-order valence-electron chi connectivity index (χ1n) is 8.53. The zero-order valence-electron chi connectivity index (χ0n) is 15.4. The molecule has 0 fully saturated rings. The maximum atomic E-state index is 13.5. The van der Waals surface area contributed by atoms with E-state index in [1.165, 1.54) is 37.5 Å². The molecule has 0 bridgehead atoms. The topological polar surface area (TPSA) is 96.2 Å². The maximum absolute atomic E-state index is 13.5. The molecule has 7 nitrogen and oxygen atoms in total. The lowest BCUT2D eigenvalue weighted by Gasteiger charge is -2.29. The van der Waals surface area contributed by atoms with Crippen molar-refractivity contribution in [3.63, 3.8) is 0 Å². The number of carbonyl (C=O) groups excluding carboxylic acids is 2. The van der Waals surface area contributed by atoms with Gasteiger partial charge in [0, 0.05) is 37.2 Å². The molecule has 1 aromatic carbocycles. The first kappa shape index (κ1) is 21.4.